The lowest BCUT2D eigenvalue weighted by Crippen LogP contribution is -2.11. The number of hydrogen-bond acceptors (Lipinski definition) is 3. The number of hydrogen-bond donors (Lipinski definition) is 2. The molecule has 0 saturated heterocycles. The van der Waals surface area contributed by atoms with Crippen molar-refractivity contribution in [3.05, 3.63) is 35.7 Å². The number of primary amides is 1. The van der Waals surface area contributed by atoms with Gasteiger partial charge in [-0.15, -0.1) is 0 Å². The first-order valence-electron chi connectivity index (χ1n) is 3.75. The fourth-order valence-corrected chi connectivity index (χ4v) is 0.851. The minimum atomic E-state index is -1.06. The molecule has 0 aliphatic rings. The van der Waals surface area contributed by atoms with Gasteiger partial charge in [-0.1, -0.05) is 0 Å². The van der Waals surface area contributed by atoms with E-state index in [9.17, 15) is 9.59 Å². The molecular weight excluding hydrogens is 184 g/mol. The zero-order chi connectivity index (χ0) is 10.6. The second-order valence-electron chi connectivity index (χ2n) is 2.54. The van der Waals surface area contributed by atoms with Crippen molar-refractivity contribution in [1.82, 2.24) is 4.98 Å². The highest BCUT2D eigenvalue weighted by atomic mass is 16.4. The number of aromatic nitrogens is 1. The summed E-state index contributed by atoms with van der Waals surface area (Å²) in [4.78, 5) is 24.7. The maximum Gasteiger partial charge on any atom is 0.328 e. The van der Waals surface area contributed by atoms with Crippen molar-refractivity contribution >= 4 is 18.0 Å². The average molecular weight is 192 g/mol. The zero-order valence-electron chi connectivity index (χ0n) is 7.18. The van der Waals surface area contributed by atoms with E-state index in [4.69, 9.17) is 10.8 Å². The number of nitrogens with two attached hydrogens (primary N) is 1. The Labute approximate surface area is 79.9 Å². The molecule has 0 aliphatic carbocycles. The Morgan fingerprint density at radius 3 is 2.71 bits per heavy atom. The largest absolute Gasteiger partial charge is 0.478 e. The molecule has 0 unspecified atom stereocenters. The van der Waals surface area contributed by atoms with Crippen LogP contribution >= 0.6 is 0 Å². The van der Waals surface area contributed by atoms with Gasteiger partial charge < -0.3 is 10.8 Å². The summed E-state index contributed by atoms with van der Waals surface area (Å²) in [6.07, 6.45) is 5.05. The van der Waals surface area contributed by atoms with Gasteiger partial charge in [-0.2, -0.15) is 0 Å². The SMILES string of the molecule is NC(=O)c1cncc(/C=C/C(=O)O)c1. The van der Waals surface area contributed by atoms with Crippen LogP contribution in [-0.2, 0) is 4.79 Å². The van der Waals surface area contributed by atoms with Crippen molar-refractivity contribution in [3.8, 4) is 0 Å². The van der Waals surface area contributed by atoms with Gasteiger partial charge in [0.15, 0.2) is 0 Å². The molecule has 0 atom stereocenters. The van der Waals surface area contributed by atoms with Crippen molar-refractivity contribution in [2.24, 2.45) is 5.73 Å². The Morgan fingerprint density at radius 1 is 1.43 bits per heavy atom. The van der Waals surface area contributed by atoms with E-state index < -0.39 is 11.9 Å². The lowest BCUT2D eigenvalue weighted by molar-refractivity contribution is -0.131. The molecule has 0 aromatic carbocycles. The van der Waals surface area contributed by atoms with E-state index >= 15 is 0 Å². The molecule has 14 heavy (non-hydrogen) atoms. The van der Waals surface area contributed by atoms with E-state index in [-0.39, 0.29) is 5.56 Å². The van der Waals surface area contributed by atoms with Crippen LogP contribution in [0.5, 0.6) is 0 Å². The van der Waals surface area contributed by atoms with Gasteiger partial charge in [0.2, 0.25) is 5.91 Å². The van der Waals surface area contributed by atoms with Crippen molar-refractivity contribution in [3.63, 3.8) is 0 Å². The Kier molecular flexibility index (Phi) is 2.96. The molecule has 0 bridgehead atoms. The molecule has 0 saturated carbocycles. The topological polar surface area (TPSA) is 93.3 Å². The summed E-state index contributed by atoms with van der Waals surface area (Å²) in [5, 5.41) is 8.35. The number of pyridine rings is 1. The number of aliphatic carboxylic acids is 1. The van der Waals surface area contributed by atoms with Crippen LogP contribution in [-0.4, -0.2) is 22.0 Å². The monoisotopic (exact) mass is 192 g/mol. The number of carboxylic acid groups (broad SMARTS) is 1. The van der Waals surface area contributed by atoms with E-state index in [1.165, 1.54) is 24.5 Å². The molecule has 5 heteroatoms. The zero-order valence-corrected chi connectivity index (χ0v) is 7.18. The Morgan fingerprint density at radius 2 is 2.14 bits per heavy atom. The van der Waals surface area contributed by atoms with E-state index in [0.717, 1.165) is 6.08 Å². The van der Waals surface area contributed by atoms with E-state index in [1.807, 2.05) is 0 Å². The molecule has 0 radical (unpaired) electrons. The molecule has 0 fully saturated rings. The minimum absolute atomic E-state index is 0.248. The summed E-state index contributed by atoms with van der Waals surface area (Å²) in [7, 11) is 0. The summed E-state index contributed by atoms with van der Waals surface area (Å²) >= 11 is 0. The summed E-state index contributed by atoms with van der Waals surface area (Å²) in [5.74, 6) is -1.66. The van der Waals surface area contributed by atoms with Gasteiger partial charge in [0, 0.05) is 18.5 Å². The fraction of sp³-hybridized carbons (Fsp3) is 0. The third kappa shape index (κ3) is 2.71. The molecule has 72 valence electrons. The molecule has 0 spiro atoms. The number of rotatable bonds is 3. The van der Waals surface area contributed by atoms with Gasteiger partial charge >= 0.3 is 5.97 Å². The highest BCUT2D eigenvalue weighted by Crippen LogP contribution is 2.03. The van der Waals surface area contributed by atoms with E-state index in [2.05, 4.69) is 4.98 Å². The van der Waals surface area contributed by atoms with Crippen LogP contribution in [0.4, 0.5) is 0 Å². The van der Waals surface area contributed by atoms with Crippen LogP contribution in [0.2, 0.25) is 0 Å². The molecule has 0 aliphatic heterocycles. The molecule has 3 N–H and O–H groups in total. The van der Waals surface area contributed by atoms with Gasteiger partial charge in [0.05, 0.1) is 5.56 Å². The summed E-state index contributed by atoms with van der Waals surface area (Å²) in [6.45, 7) is 0. The van der Waals surface area contributed by atoms with Crippen molar-refractivity contribution in [1.29, 1.82) is 0 Å². The lowest BCUT2D eigenvalue weighted by atomic mass is 10.2. The summed E-state index contributed by atoms with van der Waals surface area (Å²) < 4.78 is 0. The first-order chi connectivity index (χ1) is 6.59. The molecular formula is C9H8N2O3. The van der Waals surface area contributed by atoms with E-state index in [1.54, 1.807) is 0 Å². The fourth-order valence-electron chi connectivity index (χ4n) is 0.851. The normalized spacial score (nSPS) is 10.3. The molecule has 1 heterocycles. The van der Waals surface area contributed by atoms with Crippen molar-refractivity contribution in [2.45, 2.75) is 0 Å². The first kappa shape index (κ1) is 9.91. The smallest absolute Gasteiger partial charge is 0.328 e. The Balaban J connectivity index is 2.94. The van der Waals surface area contributed by atoms with Crippen LogP contribution in [0.3, 0.4) is 0 Å². The van der Waals surface area contributed by atoms with Crippen LogP contribution in [0.15, 0.2) is 24.5 Å². The van der Waals surface area contributed by atoms with Crippen LogP contribution in [0, 0.1) is 0 Å². The molecule has 5 nitrogen and oxygen atoms in total. The minimum Gasteiger partial charge on any atom is -0.478 e. The standard InChI is InChI=1S/C9H8N2O3/c10-9(14)7-3-6(4-11-5-7)1-2-8(12)13/h1-5H,(H2,10,14)(H,12,13)/b2-1+. The van der Waals surface area contributed by atoms with Crippen molar-refractivity contribution in [2.75, 3.05) is 0 Å². The van der Waals surface area contributed by atoms with Crippen LogP contribution in [0.1, 0.15) is 15.9 Å². The quantitative estimate of drug-likeness (QED) is 0.672. The van der Waals surface area contributed by atoms with Gasteiger partial charge in [0.1, 0.15) is 0 Å². The maximum absolute atomic E-state index is 10.7. The van der Waals surface area contributed by atoms with Gasteiger partial charge in [-0.25, -0.2) is 4.79 Å². The van der Waals surface area contributed by atoms with E-state index in [0.29, 0.717) is 5.56 Å². The highest BCUT2D eigenvalue weighted by molar-refractivity contribution is 5.93. The second-order valence-corrected chi connectivity index (χ2v) is 2.54. The van der Waals surface area contributed by atoms with Gasteiger partial charge in [-0.05, 0) is 17.7 Å². The highest BCUT2D eigenvalue weighted by Gasteiger charge is 2.00. The number of amides is 1. The number of nitrogens with zero attached hydrogens (tertiary/aromatic N) is 1. The average Bonchev–Trinajstić information content (AvgIpc) is 2.15. The third-order valence-corrected chi connectivity index (χ3v) is 1.46. The van der Waals surface area contributed by atoms with Crippen LogP contribution in [0.25, 0.3) is 6.08 Å². The Bertz CT molecular complexity index is 399. The predicted octanol–water partition coefficient (Wildman–Crippen LogP) is 0.278. The molecule has 1 aromatic heterocycles. The van der Waals surface area contributed by atoms with Gasteiger partial charge in [-0.3, -0.25) is 9.78 Å². The third-order valence-electron chi connectivity index (χ3n) is 1.46. The maximum atomic E-state index is 10.7. The van der Waals surface area contributed by atoms with Gasteiger partial charge in [0.25, 0.3) is 0 Å². The van der Waals surface area contributed by atoms with Crippen molar-refractivity contribution < 1.29 is 14.7 Å². The Hall–Kier alpha value is -2.17. The first-order valence-corrected chi connectivity index (χ1v) is 3.75. The lowest BCUT2D eigenvalue weighted by Gasteiger charge is -1.95. The number of carbonyl (C=O) groups excluding carboxylic acids is 1. The summed E-state index contributed by atoms with van der Waals surface area (Å²) in [6, 6.07) is 1.47. The molecule has 1 rings (SSSR count). The van der Waals surface area contributed by atoms with Crippen LogP contribution < -0.4 is 5.73 Å². The molecule has 1 amide bonds. The second kappa shape index (κ2) is 4.18. The summed E-state index contributed by atoms with van der Waals surface area (Å²) in [5.41, 5.74) is 5.78. The number of carbonyl (C=O) groups is 2. The molecule has 1 aromatic rings. The predicted molar refractivity (Wildman–Crippen MR) is 49.4 cm³/mol. The number of carboxylic acids is 1.